The van der Waals surface area contributed by atoms with E-state index < -0.39 is 33.3 Å². The highest BCUT2D eigenvalue weighted by Crippen LogP contribution is 2.24. The van der Waals surface area contributed by atoms with E-state index in [4.69, 9.17) is 0 Å². The van der Waals surface area contributed by atoms with Crippen LogP contribution in [0, 0.1) is 5.82 Å². The zero-order chi connectivity index (χ0) is 24.9. The maximum absolute atomic E-state index is 13.2. The normalized spacial score (nSPS) is 12.8. The Bertz CT molecular complexity index is 1250. The van der Waals surface area contributed by atoms with Gasteiger partial charge in [-0.2, -0.15) is 0 Å². The van der Waals surface area contributed by atoms with Crippen molar-refractivity contribution in [3.05, 3.63) is 88.6 Å². The average Bonchev–Trinajstić information content (AvgIpc) is 3.22. The molecule has 1 atom stereocenters. The largest absolute Gasteiger partial charge is 0.342 e. The molecule has 3 aromatic rings. The van der Waals surface area contributed by atoms with Crippen LogP contribution >= 0.6 is 11.3 Å². The number of benzene rings is 2. The van der Waals surface area contributed by atoms with Gasteiger partial charge in [0.15, 0.2) is 5.78 Å². The van der Waals surface area contributed by atoms with E-state index in [9.17, 15) is 22.4 Å². The summed E-state index contributed by atoms with van der Waals surface area (Å²) in [4.78, 5) is 26.5. The van der Waals surface area contributed by atoms with Gasteiger partial charge in [0.1, 0.15) is 10.0 Å². The van der Waals surface area contributed by atoms with E-state index in [-0.39, 0.29) is 28.4 Å². The number of sulfonamides is 1. The van der Waals surface area contributed by atoms with Crippen molar-refractivity contribution < 1.29 is 22.4 Å². The average molecular weight is 503 g/mol. The van der Waals surface area contributed by atoms with E-state index in [2.05, 4.69) is 10.0 Å². The summed E-state index contributed by atoms with van der Waals surface area (Å²) in [6.07, 6.45) is 0.242. The molecule has 0 unspecified atom stereocenters. The number of halogens is 1. The first kappa shape index (κ1) is 25.7. The molecule has 0 radical (unpaired) electrons. The maximum Gasteiger partial charge on any atom is 0.251 e. The topological polar surface area (TPSA) is 92.3 Å². The molecule has 0 aliphatic heterocycles. The van der Waals surface area contributed by atoms with Gasteiger partial charge in [0.25, 0.3) is 15.9 Å². The van der Waals surface area contributed by atoms with Crippen molar-refractivity contribution in [1.29, 1.82) is 0 Å². The van der Waals surface area contributed by atoms with Crippen LogP contribution in [0.3, 0.4) is 0 Å². The van der Waals surface area contributed by atoms with Gasteiger partial charge < -0.3 is 5.32 Å². The molecule has 0 saturated carbocycles. The molecule has 1 heterocycles. The Morgan fingerprint density at radius 1 is 0.971 bits per heavy atom. The molecule has 2 aromatic carbocycles. The van der Waals surface area contributed by atoms with Gasteiger partial charge in [0, 0.05) is 22.4 Å². The first-order valence-electron chi connectivity index (χ1n) is 10.7. The third-order valence-electron chi connectivity index (χ3n) is 4.77. The Balaban J connectivity index is 1.78. The number of carbonyl (C=O) groups excluding carboxylic acids is 2. The summed E-state index contributed by atoms with van der Waals surface area (Å²) in [6.45, 7) is 5.25. The second kappa shape index (κ2) is 10.6. The minimum Gasteiger partial charge on any atom is -0.342 e. The third-order valence-corrected chi connectivity index (χ3v) is 8.11. The van der Waals surface area contributed by atoms with E-state index in [1.807, 2.05) is 30.3 Å². The molecule has 0 spiro atoms. The lowest BCUT2D eigenvalue weighted by molar-refractivity contribution is -0.120. The quantitative estimate of drug-likeness (QED) is 0.461. The number of Topliss-reactive ketones (excluding diaryl/α,β-unsaturated/α-hetero) is 1. The number of hydrogen-bond acceptors (Lipinski definition) is 5. The van der Waals surface area contributed by atoms with Crippen molar-refractivity contribution in [2.75, 3.05) is 0 Å². The summed E-state index contributed by atoms with van der Waals surface area (Å²) in [5.74, 6) is -1.20. The van der Waals surface area contributed by atoms with E-state index in [0.717, 1.165) is 16.9 Å². The van der Waals surface area contributed by atoms with Crippen LogP contribution < -0.4 is 10.0 Å². The highest BCUT2D eigenvalue weighted by atomic mass is 32.2. The van der Waals surface area contributed by atoms with Gasteiger partial charge >= 0.3 is 0 Å². The van der Waals surface area contributed by atoms with E-state index in [1.54, 1.807) is 26.8 Å². The highest BCUT2D eigenvalue weighted by molar-refractivity contribution is 7.91. The van der Waals surface area contributed by atoms with E-state index >= 15 is 0 Å². The Kier molecular flexibility index (Phi) is 8.01. The van der Waals surface area contributed by atoms with Crippen molar-refractivity contribution in [2.24, 2.45) is 0 Å². The van der Waals surface area contributed by atoms with E-state index in [0.29, 0.717) is 4.88 Å². The molecule has 3 rings (SSSR count). The number of ketones is 1. The fraction of sp³-hybridized carbons (Fsp3) is 0.280. The third kappa shape index (κ3) is 7.31. The summed E-state index contributed by atoms with van der Waals surface area (Å²) >= 11 is 1.02. The molecule has 180 valence electrons. The second-order valence-corrected chi connectivity index (χ2v) is 12.0. The standard InChI is InChI=1S/C25H27FN2O4S2/c1-25(2,3)28-34(31,32)23-14-13-20(33-23)16-22(29)21(15-17-7-5-4-6-8-17)27-24(30)18-9-11-19(26)12-10-18/h4-14,21,28H,15-16H2,1-3H3,(H,27,30)/t21-/m0/s1. The van der Waals surface area contributed by atoms with Gasteiger partial charge in [0.2, 0.25) is 0 Å². The molecule has 9 heteroatoms. The van der Waals surface area contributed by atoms with Crippen LogP contribution in [0.5, 0.6) is 0 Å². The monoisotopic (exact) mass is 502 g/mol. The smallest absolute Gasteiger partial charge is 0.251 e. The Morgan fingerprint density at radius 3 is 2.24 bits per heavy atom. The molecule has 34 heavy (non-hydrogen) atoms. The van der Waals surface area contributed by atoms with Gasteiger partial charge in [-0.25, -0.2) is 17.5 Å². The van der Waals surface area contributed by atoms with Gasteiger partial charge in [-0.15, -0.1) is 11.3 Å². The van der Waals surface area contributed by atoms with Crippen molar-refractivity contribution in [1.82, 2.24) is 10.0 Å². The number of nitrogens with one attached hydrogen (secondary N) is 2. The molecule has 6 nitrogen and oxygen atoms in total. The summed E-state index contributed by atoms with van der Waals surface area (Å²) in [5, 5.41) is 2.75. The van der Waals surface area contributed by atoms with E-state index in [1.165, 1.54) is 30.3 Å². The second-order valence-electron chi connectivity index (χ2n) is 8.94. The lowest BCUT2D eigenvalue weighted by Gasteiger charge is -2.19. The highest BCUT2D eigenvalue weighted by Gasteiger charge is 2.26. The van der Waals surface area contributed by atoms with Crippen molar-refractivity contribution in [2.45, 2.75) is 49.4 Å². The summed E-state index contributed by atoms with van der Waals surface area (Å²) < 4.78 is 41.1. The predicted octanol–water partition coefficient (Wildman–Crippen LogP) is 4.12. The zero-order valence-corrected chi connectivity index (χ0v) is 20.8. The molecule has 0 aliphatic rings. The Morgan fingerprint density at radius 2 is 1.62 bits per heavy atom. The summed E-state index contributed by atoms with van der Waals surface area (Å²) in [6, 6.07) is 16.6. The number of amides is 1. The fourth-order valence-electron chi connectivity index (χ4n) is 3.28. The number of rotatable bonds is 9. The lowest BCUT2D eigenvalue weighted by atomic mass is 9.99. The fourth-order valence-corrected chi connectivity index (χ4v) is 6.07. The lowest BCUT2D eigenvalue weighted by Crippen LogP contribution is -2.43. The van der Waals surface area contributed by atoms with Gasteiger partial charge in [-0.3, -0.25) is 9.59 Å². The predicted molar refractivity (Wildman–Crippen MR) is 131 cm³/mol. The summed E-state index contributed by atoms with van der Waals surface area (Å²) in [7, 11) is -3.70. The zero-order valence-electron chi connectivity index (χ0n) is 19.2. The summed E-state index contributed by atoms with van der Waals surface area (Å²) in [5.41, 5.74) is 0.471. The molecule has 1 aromatic heterocycles. The molecule has 0 fully saturated rings. The van der Waals surface area contributed by atoms with Crippen LogP contribution in [-0.2, 0) is 27.7 Å². The maximum atomic E-state index is 13.2. The number of thiophene rings is 1. The first-order chi connectivity index (χ1) is 15.9. The molecule has 0 saturated heterocycles. The molecular formula is C25H27FN2O4S2. The SMILES string of the molecule is CC(C)(C)NS(=O)(=O)c1ccc(CC(=O)[C@H](Cc2ccccc2)NC(=O)c2ccc(F)cc2)s1. The molecule has 2 N–H and O–H groups in total. The number of carbonyl (C=O) groups is 2. The van der Waals surface area contributed by atoms with Crippen LogP contribution in [0.4, 0.5) is 4.39 Å². The Labute approximate surface area is 203 Å². The minimum absolute atomic E-state index is 0.0309. The van der Waals surface area contributed by atoms with Crippen LogP contribution in [0.25, 0.3) is 0 Å². The molecule has 1 amide bonds. The molecular weight excluding hydrogens is 475 g/mol. The van der Waals surface area contributed by atoms with Crippen LogP contribution in [-0.4, -0.2) is 31.7 Å². The molecule has 0 bridgehead atoms. The minimum atomic E-state index is -3.70. The molecule has 0 aliphatic carbocycles. The van der Waals surface area contributed by atoms with Crippen LogP contribution in [0.15, 0.2) is 70.9 Å². The number of hydrogen-bond donors (Lipinski definition) is 2. The van der Waals surface area contributed by atoms with Crippen molar-refractivity contribution in [3.63, 3.8) is 0 Å². The van der Waals surface area contributed by atoms with Gasteiger partial charge in [0.05, 0.1) is 6.04 Å². The van der Waals surface area contributed by atoms with Crippen molar-refractivity contribution >= 4 is 33.1 Å². The first-order valence-corrected chi connectivity index (χ1v) is 13.0. The Hall–Kier alpha value is -2.88. The van der Waals surface area contributed by atoms with Crippen molar-refractivity contribution in [3.8, 4) is 0 Å². The van der Waals surface area contributed by atoms with Gasteiger partial charge in [-0.1, -0.05) is 30.3 Å². The van der Waals surface area contributed by atoms with Crippen LogP contribution in [0.2, 0.25) is 0 Å². The van der Waals surface area contributed by atoms with Crippen LogP contribution in [0.1, 0.15) is 41.6 Å². The van der Waals surface area contributed by atoms with Gasteiger partial charge in [-0.05, 0) is 69.2 Å².